The van der Waals surface area contributed by atoms with Crippen molar-refractivity contribution in [3.63, 3.8) is 0 Å². The number of sulfonamides is 1. The highest BCUT2D eigenvalue weighted by molar-refractivity contribution is 7.89. The second-order valence-corrected chi connectivity index (χ2v) is 5.63. The number of para-hydroxylation sites is 1. The Labute approximate surface area is 104 Å². The number of primary sulfonamides is 1. The minimum Gasteiger partial charge on any atom is -0.256 e. The lowest BCUT2D eigenvalue weighted by molar-refractivity contribution is 0.598. The second kappa shape index (κ2) is 3.76. The van der Waals surface area contributed by atoms with Gasteiger partial charge in [-0.05, 0) is 23.6 Å². The molecule has 3 rings (SSSR count). The topological polar surface area (TPSA) is 73.1 Å². The van der Waals surface area contributed by atoms with Gasteiger partial charge in [-0.1, -0.05) is 24.3 Å². The summed E-state index contributed by atoms with van der Waals surface area (Å²) >= 11 is 0. The van der Waals surface area contributed by atoms with Crippen molar-refractivity contribution in [1.29, 1.82) is 0 Å². The fourth-order valence-electron chi connectivity index (χ4n) is 2.01. The molecule has 0 atom stereocenters. The van der Waals surface area contributed by atoms with Crippen LogP contribution in [0.25, 0.3) is 21.7 Å². The third-order valence-corrected chi connectivity index (χ3v) is 3.80. The molecular weight excluding hydrogens is 248 g/mol. The van der Waals surface area contributed by atoms with Gasteiger partial charge in [-0.2, -0.15) is 0 Å². The Hall–Kier alpha value is -1.98. The highest BCUT2D eigenvalue weighted by atomic mass is 32.2. The Morgan fingerprint density at radius 1 is 1.00 bits per heavy atom. The van der Waals surface area contributed by atoms with Crippen molar-refractivity contribution in [3.05, 3.63) is 48.7 Å². The Kier molecular flexibility index (Phi) is 2.33. The quantitative estimate of drug-likeness (QED) is 0.679. The highest BCUT2D eigenvalue weighted by Crippen LogP contribution is 2.25. The predicted octanol–water partition coefficient (Wildman–Crippen LogP) is 2.04. The van der Waals surface area contributed by atoms with Crippen molar-refractivity contribution in [1.82, 2.24) is 4.98 Å². The predicted molar refractivity (Wildman–Crippen MR) is 70.6 cm³/mol. The fourth-order valence-corrected chi connectivity index (χ4v) is 2.55. The van der Waals surface area contributed by atoms with E-state index in [9.17, 15) is 8.42 Å². The molecule has 4 nitrogen and oxygen atoms in total. The summed E-state index contributed by atoms with van der Waals surface area (Å²) in [6.45, 7) is 0. The average molecular weight is 258 g/mol. The van der Waals surface area contributed by atoms with Crippen LogP contribution in [0.3, 0.4) is 0 Å². The molecule has 0 saturated heterocycles. The van der Waals surface area contributed by atoms with E-state index in [2.05, 4.69) is 4.98 Å². The van der Waals surface area contributed by atoms with Gasteiger partial charge in [0.15, 0.2) is 0 Å². The van der Waals surface area contributed by atoms with Crippen molar-refractivity contribution in [2.45, 2.75) is 4.90 Å². The van der Waals surface area contributed by atoms with Crippen molar-refractivity contribution < 1.29 is 8.42 Å². The summed E-state index contributed by atoms with van der Waals surface area (Å²) in [4.78, 5) is 4.44. The van der Waals surface area contributed by atoms with E-state index >= 15 is 0 Å². The summed E-state index contributed by atoms with van der Waals surface area (Å²) in [7, 11) is -3.68. The smallest absolute Gasteiger partial charge is 0.238 e. The van der Waals surface area contributed by atoms with Gasteiger partial charge >= 0.3 is 0 Å². The summed E-state index contributed by atoms with van der Waals surface area (Å²) in [6.07, 6.45) is 1.73. The van der Waals surface area contributed by atoms with E-state index < -0.39 is 10.0 Å². The van der Waals surface area contributed by atoms with Gasteiger partial charge < -0.3 is 0 Å². The Morgan fingerprint density at radius 3 is 2.56 bits per heavy atom. The molecule has 1 aromatic heterocycles. The molecule has 3 aromatic rings. The van der Waals surface area contributed by atoms with E-state index in [0.29, 0.717) is 0 Å². The van der Waals surface area contributed by atoms with Crippen molar-refractivity contribution in [2.24, 2.45) is 5.14 Å². The minimum atomic E-state index is -3.68. The van der Waals surface area contributed by atoms with Gasteiger partial charge in [-0.25, -0.2) is 13.6 Å². The number of pyridine rings is 1. The van der Waals surface area contributed by atoms with Crippen LogP contribution in [0.15, 0.2) is 53.6 Å². The number of fused-ring (bicyclic) bond motifs is 3. The first-order valence-corrected chi connectivity index (χ1v) is 6.91. The lowest BCUT2D eigenvalue weighted by Gasteiger charge is -2.05. The van der Waals surface area contributed by atoms with Crippen LogP contribution in [0.1, 0.15) is 0 Å². The Morgan fingerprint density at radius 2 is 1.78 bits per heavy atom. The molecule has 90 valence electrons. The SMILES string of the molecule is NS(=O)(=O)c1ccc2cnc3ccccc3c2c1. The lowest BCUT2D eigenvalue weighted by Crippen LogP contribution is -2.11. The van der Waals surface area contributed by atoms with Crippen LogP contribution in [-0.2, 0) is 10.0 Å². The molecule has 0 bridgehead atoms. The molecule has 0 unspecified atom stereocenters. The molecule has 0 fully saturated rings. The molecule has 0 saturated carbocycles. The van der Waals surface area contributed by atoms with Crippen LogP contribution in [0.5, 0.6) is 0 Å². The molecule has 18 heavy (non-hydrogen) atoms. The average Bonchev–Trinajstić information content (AvgIpc) is 2.37. The maximum Gasteiger partial charge on any atom is 0.238 e. The van der Waals surface area contributed by atoms with Crippen molar-refractivity contribution in [3.8, 4) is 0 Å². The first-order chi connectivity index (χ1) is 8.55. The summed E-state index contributed by atoms with van der Waals surface area (Å²) in [5.74, 6) is 0. The Balaban J connectivity index is 2.48. The molecule has 0 aliphatic carbocycles. The molecule has 2 N–H and O–H groups in total. The van der Waals surface area contributed by atoms with Crippen LogP contribution in [0.2, 0.25) is 0 Å². The number of hydrogen-bond acceptors (Lipinski definition) is 3. The molecule has 0 aliphatic heterocycles. The first-order valence-electron chi connectivity index (χ1n) is 5.36. The van der Waals surface area contributed by atoms with E-state index in [1.807, 2.05) is 24.3 Å². The maximum absolute atomic E-state index is 11.4. The van der Waals surface area contributed by atoms with Crippen LogP contribution in [0, 0.1) is 0 Å². The van der Waals surface area contributed by atoms with Crippen LogP contribution in [-0.4, -0.2) is 13.4 Å². The largest absolute Gasteiger partial charge is 0.256 e. The zero-order valence-electron chi connectivity index (χ0n) is 9.37. The minimum absolute atomic E-state index is 0.117. The zero-order chi connectivity index (χ0) is 12.8. The molecule has 0 amide bonds. The van der Waals surface area contributed by atoms with Crippen molar-refractivity contribution in [2.75, 3.05) is 0 Å². The van der Waals surface area contributed by atoms with Crippen molar-refractivity contribution >= 4 is 31.7 Å². The van der Waals surface area contributed by atoms with Gasteiger partial charge in [0.1, 0.15) is 0 Å². The molecule has 5 heteroatoms. The third kappa shape index (κ3) is 1.73. The van der Waals surface area contributed by atoms with Gasteiger partial charge in [0.05, 0.1) is 10.4 Å². The first kappa shape index (κ1) is 11.1. The molecule has 0 spiro atoms. The van der Waals surface area contributed by atoms with Gasteiger partial charge in [-0.15, -0.1) is 0 Å². The molecule has 0 aliphatic rings. The van der Waals surface area contributed by atoms with Gasteiger partial charge in [-0.3, -0.25) is 4.98 Å². The fraction of sp³-hybridized carbons (Fsp3) is 0. The van der Waals surface area contributed by atoms with Crippen LogP contribution < -0.4 is 5.14 Å². The molecule has 0 radical (unpaired) electrons. The maximum atomic E-state index is 11.4. The zero-order valence-corrected chi connectivity index (χ0v) is 10.2. The van der Waals surface area contributed by atoms with E-state index in [1.165, 1.54) is 6.07 Å². The van der Waals surface area contributed by atoms with Crippen LogP contribution >= 0.6 is 0 Å². The molecule has 1 heterocycles. The molecule has 2 aromatic carbocycles. The highest BCUT2D eigenvalue weighted by Gasteiger charge is 2.09. The van der Waals surface area contributed by atoms with E-state index in [-0.39, 0.29) is 4.90 Å². The summed E-state index contributed by atoms with van der Waals surface area (Å²) < 4.78 is 22.7. The van der Waals surface area contributed by atoms with E-state index in [4.69, 9.17) is 5.14 Å². The summed E-state index contributed by atoms with van der Waals surface area (Å²) in [5, 5.41) is 7.80. The number of benzene rings is 2. The van der Waals surface area contributed by atoms with Gasteiger partial charge in [0.2, 0.25) is 10.0 Å². The van der Waals surface area contributed by atoms with Gasteiger partial charge in [0, 0.05) is 17.0 Å². The monoisotopic (exact) mass is 258 g/mol. The molecular formula is C13H10N2O2S. The Bertz CT molecular complexity index is 857. The van der Waals surface area contributed by atoms with E-state index in [1.54, 1.807) is 18.3 Å². The number of aromatic nitrogens is 1. The summed E-state index contributed by atoms with van der Waals surface area (Å²) in [5.41, 5.74) is 0.830. The third-order valence-electron chi connectivity index (χ3n) is 2.89. The van der Waals surface area contributed by atoms with Gasteiger partial charge in [0.25, 0.3) is 0 Å². The van der Waals surface area contributed by atoms with E-state index in [0.717, 1.165) is 21.7 Å². The number of nitrogens with two attached hydrogens (primary N) is 1. The summed E-state index contributed by atoms with van der Waals surface area (Å²) in [6, 6.07) is 12.4. The normalized spacial score (nSPS) is 12.1. The number of hydrogen-bond donors (Lipinski definition) is 1. The number of rotatable bonds is 1. The second-order valence-electron chi connectivity index (χ2n) is 4.07. The standard InChI is InChI=1S/C13H10N2O2S/c14-18(16,17)10-6-5-9-8-15-13-4-2-1-3-11(13)12(9)7-10/h1-8H,(H2,14,16,17). The number of nitrogens with zero attached hydrogens (tertiary/aromatic N) is 1. The van der Waals surface area contributed by atoms with Crippen LogP contribution in [0.4, 0.5) is 0 Å². The lowest BCUT2D eigenvalue weighted by atomic mass is 10.1.